The first-order valence-corrected chi connectivity index (χ1v) is 15.5. The number of hydrogen-bond donors (Lipinski definition) is 6. The third-order valence-corrected chi connectivity index (χ3v) is 7.64. The van der Waals surface area contributed by atoms with Crippen molar-refractivity contribution in [3.8, 4) is 0 Å². The van der Waals surface area contributed by atoms with Crippen molar-refractivity contribution in [3.63, 3.8) is 0 Å². The summed E-state index contributed by atoms with van der Waals surface area (Å²) in [6.07, 6.45) is 1.65. The number of ether oxygens (including phenoxy) is 5. The van der Waals surface area contributed by atoms with E-state index in [9.17, 15) is 15.0 Å². The smallest absolute Gasteiger partial charge is 0.280 e. The van der Waals surface area contributed by atoms with Crippen LogP contribution in [0.4, 0.5) is 5.82 Å². The molecule has 0 aliphatic carbocycles. The molecule has 0 spiro atoms. The number of halogens is 1. The number of aliphatic hydroxyl groups excluding tert-OH is 2. The Morgan fingerprint density at radius 3 is 2.25 bits per heavy atom. The van der Waals surface area contributed by atoms with Crippen LogP contribution >= 0.6 is 11.6 Å². The van der Waals surface area contributed by atoms with Crippen LogP contribution in [0.5, 0.6) is 0 Å². The molecular weight excluding hydrogens is 598 g/mol. The van der Waals surface area contributed by atoms with E-state index >= 15 is 0 Å². The summed E-state index contributed by atoms with van der Waals surface area (Å²) in [5, 5.41) is 34.0. The molecule has 16 heteroatoms. The molecule has 250 valence electrons. The second-order valence-corrected chi connectivity index (χ2v) is 11.4. The van der Waals surface area contributed by atoms with E-state index in [1.165, 1.54) is 0 Å². The molecule has 2 saturated heterocycles. The average Bonchev–Trinajstić information content (AvgIpc) is 2.97. The lowest BCUT2D eigenvalue weighted by Crippen LogP contribution is -2.53. The predicted octanol–water partition coefficient (Wildman–Crippen LogP) is 0.788. The molecule has 2 aliphatic heterocycles. The maximum atomic E-state index is 12.3. The van der Waals surface area contributed by atoms with Crippen LogP contribution < -0.4 is 16.4 Å². The molecule has 3 rings (SSSR count). The number of aryl methyl sites for hydroxylation is 1. The van der Waals surface area contributed by atoms with Gasteiger partial charge in [-0.2, -0.15) is 0 Å². The van der Waals surface area contributed by atoms with Gasteiger partial charge >= 0.3 is 0 Å². The molecule has 44 heavy (non-hydrogen) atoms. The average molecular weight is 646 g/mol. The summed E-state index contributed by atoms with van der Waals surface area (Å²) in [4.78, 5) is 22.3. The van der Waals surface area contributed by atoms with Crippen molar-refractivity contribution in [2.24, 2.45) is 0 Å². The number of amides is 1. The van der Waals surface area contributed by atoms with Crippen LogP contribution in [0.1, 0.15) is 62.1 Å². The number of rotatable bonds is 16. The number of carbonyl (C=O) groups excluding carboxylic acids is 1. The van der Waals surface area contributed by atoms with Gasteiger partial charge in [-0.3, -0.25) is 20.4 Å². The topological polar surface area (TPSA) is 207 Å². The van der Waals surface area contributed by atoms with E-state index in [1.54, 1.807) is 20.8 Å². The summed E-state index contributed by atoms with van der Waals surface area (Å²) < 4.78 is 28.2. The molecule has 2 aliphatic rings. The molecule has 3 heterocycles. The maximum Gasteiger partial charge on any atom is 0.280 e. The van der Waals surface area contributed by atoms with Crippen LogP contribution in [-0.4, -0.2) is 127 Å². The molecule has 1 amide bonds. The summed E-state index contributed by atoms with van der Waals surface area (Å²) in [7, 11) is 0. The van der Waals surface area contributed by atoms with Gasteiger partial charge in [0.1, 0.15) is 24.4 Å². The monoisotopic (exact) mass is 645 g/mol. The number of nitrogen functional groups attached to an aromatic ring is 1. The fraction of sp³-hybridized carbons (Fsp3) is 0.786. The van der Waals surface area contributed by atoms with Gasteiger partial charge in [-0.05, 0) is 33.6 Å². The Hall–Kier alpha value is -2.21. The van der Waals surface area contributed by atoms with Crippen LogP contribution in [0.2, 0.25) is 5.15 Å². The normalized spacial score (nSPS) is 25.6. The first-order chi connectivity index (χ1) is 21.0. The standard InChI is InChI=1S/C28H48ClN7O8/c1-17-25(29)34-24(26(30)33-17)27(39)35-28(31)32-9-7-5-4-6-8-11-40-12-10-36(13-22-20(37)15-41-18(2)43-22)14-23-21(38)16-42-19(3)44-23/h18-23,37-38H,4-16H2,1-3H3,(H2,30,33)(H3,31,32,35,39)/t18-,19-,20-,21-,22+,23+/m1/s1. The number of aromatic nitrogens is 2. The fourth-order valence-corrected chi connectivity index (χ4v) is 4.93. The third kappa shape index (κ3) is 12.3. The number of unbranched alkanes of at least 4 members (excludes halogenated alkanes) is 4. The number of anilines is 1. The first-order valence-electron chi connectivity index (χ1n) is 15.2. The molecule has 1 aromatic heterocycles. The molecule has 7 N–H and O–H groups in total. The molecule has 0 saturated carbocycles. The van der Waals surface area contributed by atoms with Crippen LogP contribution in [-0.2, 0) is 23.7 Å². The van der Waals surface area contributed by atoms with Gasteiger partial charge in [-0.1, -0.05) is 30.9 Å². The van der Waals surface area contributed by atoms with Crippen LogP contribution in [0.15, 0.2) is 0 Å². The van der Waals surface area contributed by atoms with Crippen molar-refractivity contribution in [1.82, 2.24) is 25.5 Å². The van der Waals surface area contributed by atoms with Gasteiger partial charge in [-0.15, -0.1) is 0 Å². The highest BCUT2D eigenvalue weighted by molar-refractivity contribution is 6.30. The highest BCUT2D eigenvalue weighted by Gasteiger charge is 2.34. The van der Waals surface area contributed by atoms with Crippen LogP contribution in [0, 0.1) is 12.3 Å². The van der Waals surface area contributed by atoms with Gasteiger partial charge in [0.15, 0.2) is 35.2 Å². The Morgan fingerprint density at radius 2 is 1.61 bits per heavy atom. The second-order valence-electron chi connectivity index (χ2n) is 11.0. The van der Waals surface area contributed by atoms with Gasteiger partial charge in [0.25, 0.3) is 5.91 Å². The summed E-state index contributed by atoms with van der Waals surface area (Å²) >= 11 is 5.92. The quantitative estimate of drug-likeness (QED) is 0.0836. The predicted molar refractivity (Wildman–Crippen MR) is 162 cm³/mol. The Labute approximate surface area is 263 Å². The number of nitrogens with two attached hydrogens (primary N) is 1. The number of nitrogens with zero attached hydrogens (tertiary/aromatic N) is 3. The van der Waals surface area contributed by atoms with Crippen LogP contribution in [0.3, 0.4) is 0 Å². The number of hydrogen-bond acceptors (Lipinski definition) is 13. The first kappa shape index (κ1) is 36.3. The molecular formula is C28H48ClN7O8. The van der Waals surface area contributed by atoms with E-state index in [0.717, 1.165) is 32.1 Å². The zero-order valence-electron chi connectivity index (χ0n) is 25.8. The van der Waals surface area contributed by atoms with Crippen molar-refractivity contribution < 1.29 is 38.7 Å². The SMILES string of the molecule is Cc1nc(N)c(C(=O)NC(=N)NCCCCCCCOCCN(C[C@@H]2O[C@H](C)OC[C@H]2O)C[C@@H]2O[C@H](C)OC[C@H]2O)nc1Cl. The summed E-state index contributed by atoms with van der Waals surface area (Å²) in [6, 6.07) is 0. The number of carbonyl (C=O) groups is 1. The minimum atomic E-state index is -0.735. The zero-order chi connectivity index (χ0) is 32.1. The Bertz CT molecular complexity index is 1030. The van der Waals surface area contributed by atoms with Crippen molar-refractivity contribution in [2.75, 3.05) is 58.3 Å². The van der Waals surface area contributed by atoms with E-state index < -0.39 is 42.9 Å². The maximum absolute atomic E-state index is 12.3. The van der Waals surface area contributed by atoms with Crippen molar-refractivity contribution in [3.05, 3.63) is 16.5 Å². The molecule has 0 aromatic carbocycles. The van der Waals surface area contributed by atoms with E-state index in [4.69, 9.17) is 46.4 Å². The van der Waals surface area contributed by atoms with Crippen molar-refractivity contribution in [2.45, 2.75) is 89.9 Å². The summed E-state index contributed by atoms with van der Waals surface area (Å²) in [5.41, 5.74) is 6.05. The Kier molecular flexibility index (Phi) is 15.4. The largest absolute Gasteiger partial charge is 0.388 e. The molecule has 6 atom stereocenters. The minimum Gasteiger partial charge on any atom is -0.388 e. The summed E-state index contributed by atoms with van der Waals surface area (Å²) in [6.45, 7) is 8.83. The molecule has 2 fully saturated rings. The number of aliphatic hydroxyl groups is 2. The number of guanidine groups is 1. The molecule has 0 bridgehead atoms. The van der Waals surface area contributed by atoms with Gasteiger partial charge in [-0.25, -0.2) is 9.97 Å². The van der Waals surface area contributed by atoms with E-state index in [-0.39, 0.29) is 35.8 Å². The van der Waals surface area contributed by atoms with E-state index in [2.05, 4.69) is 25.5 Å². The van der Waals surface area contributed by atoms with E-state index in [1.807, 2.05) is 0 Å². The molecule has 0 unspecified atom stereocenters. The summed E-state index contributed by atoms with van der Waals surface area (Å²) in [5.74, 6) is -0.836. The van der Waals surface area contributed by atoms with Crippen molar-refractivity contribution >= 4 is 29.3 Å². The highest BCUT2D eigenvalue weighted by atomic mass is 35.5. The minimum absolute atomic E-state index is 0.0447. The lowest BCUT2D eigenvalue weighted by Gasteiger charge is -2.39. The van der Waals surface area contributed by atoms with Gasteiger partial charge in [0, 0.05) is 32.8 Å². The lowest BCUT2D eigenvalue weighted by atomic mass is 10.1. The van der Waals surface area contributed by atoms with Crippen LogP contribution in [0.25, 0.3) is 0 Å². The van der Waals surface area contributed by atoms with Gasteiger partial charge < -0.3 is 44.9 Å². The Morgan fingerprint density at radius 1 is 1.02 bits per heavy atom. The lowest BCUT2D eigenvalue weighted by molar-refractivity contribution is -0.257. The van der Waals surface area contributed by atoms with E-state index in [0.29, 0.717) is 45.1 Å². The fourth-order valence-electron chi connectivity index (χ4n) is 4.80. The van der Waals surface area contributed by atoms with Gasteiger partial charge in [0.2, 0.25) is 0 Å². The number of nitrogens with one attached hydrogen (secondary N) is 3. The van der Waals surface area contributed by atoms with Crippen molar-refractivity contribution in [1.29, 1.82) is 5.41 Å². The molecule has 0 radical (unpaired) electrons. The van der Waals surface area contributed by atoms with Gasteiger partial charge in [0.05, 0.1) is 25.5 Å². The second kappa shape index (κ2) is 18.7. The highest BCUT2D eigenvalue weighted by Crippen LogP contribution is 2.18. The molecule has 1 aromatic rings. The molecule has 15 nitrogen and oxygen atoms in total. The third-order valence-electron chi connectivity index (χ3n) is 7.28. The zero-order valence-corrected chi connectivity index (χ0v) is 26.6. The Balaban J connectivity index is 1.26.